The lowest BCUT2D eigenvalue weighted by Crippen LogP contribution is -2.64. The molecule has 0 aromatic carbocycles. The first-order valence-corrected chi connectivity index (χ1v) is 31.8. The minimum Gasteiger partial charge on any atom is -0.390 e. The van der Waals surface area contributed by atoms with E-state index in [-0.39, 0.29) is 69.2 Å². The van der Waals surface area contributed by atoms with Crippen LogP contribution in [-0.4, -0.2) is 244 Å². The van der Waals surface area contributed by atoms with E-state index >= 15 is 14.4 Å². The van der Waals surface area contributed by atoms with E-state index in [1.54, 1.807) is 60.6 Å². The molecular weight excluding hydrogens is 1140 g/mol. The van der Waals surface area contributed by atoms with Crippen molar-refractivity contribution in [1.29, 1.82) is 0 Å². The molecule has 1 rings (SSSR count). The minimum atomic E-state index is -1.66. The van der Waals surface area contributed by atoms with Gasteiger partial charge in [0.05, 0.1) is 11.7 Å². The van der Waals surface area contributed by atoms with Gasteiger partial charge in [-0.15, -0.1) is 0 Å². The van der Waals surface area contributed by atoms with Crippen LogP contribution in [0.1, 0.15) is 163 Å². The predicted molar refractivity (Wildman–Crippen MR) is 342 cm³/mol. The number of amides is 11. The fraction of sp³-hybridized carbons (Fsp3) is 0.797. The number of nitrogens with zero attached hydrogens (tertiary/aromatic N) is 7. The summed E-state index contributed by atoms with van der Waals surface area (Å²) in [6, 6.07) is -14.5. The van der Waals surface area contributed by atoms with Gasteiger partial charge in [-0.1, -0.05) is 95.2 Å². The van der Waals surface area contributed by atoms with Gasteiger partial charge in [-0.2, -0.15) is 0 Å². The Labute approximate surface area is 531 Å². The summed E-state index contributed by atoms with van der Waals surface area (Å²) in [5.41, 5.74) is 4.51. The topological polar surface area (TPSA) is 325 Å². The number of nitrogens with two attached hydrogens (primary N) is 1. The quantitative estimate of drug-likeness (QED) is 0.103. The molecule has 0 aliphatic carbocycles. The number of carbonyl (C=O) groups is 11. The molecule has 11 amide bonds. The van der Waals surface area contributed by atoms with Gasteiger partial charge >= 0.3 is 0 Å². The Morgan fingerprint density at radius 1 is 0.494 bits per heavy atom. The van der Waals surface area contributed by atoms with Gasteiger partial charge in [0.25, 0.3) is 0 Å². The first kappa shape index (κ1) is 80.8. The molecule has 0 saturated carbocycles. The molecule has 13 atom stereocenters. The zero-order valence-electron chi connectivity index (χ0n) is 58.3. The molecule has 1 fully saturated rings. The summed E-state index contributed by atoms with van der Waals surface area (Å²) in [5, 5.41) is 34.3. The number of allylic oxidation sites excluding steroid dienone is 2. The van der Waals surface area contributed by atoms with Crippen molar-refractivity contribution in [3.05, 3.63) is 12.2 Å². The van der Waals surface area contributed by atoms with Crippen molar-refractivity contribution in [2.45, 2.75) is 241 Å². The van der Waals surface area contributed by atoms with Crippen LogP contribution in [0.25, 0.3) is 0 Å². The molecule has 1 heterocycles. The highest BCUT2D eigenvalue weighted by Crippen LogP contribution is 2.26. The van der Waals surface area contributed by atoms with Crippen LogP contribution in [0.4, 0.5) is 0 Å². The van der Waals surface area contributed by atoms with E-state index in [0.717, 1.165) is 14.7 Å². The van der Waals surface area contributed by atoms with E-state index in [1.807, 2.05) is 41.5 Å². The lowest BCUT2D eigenvalue weighted by atomic mass is 9.91. The zero-order valence-corrected chi connectivity index (χ0v) is 58.3. The fourth-order valence-electron chi connectivity index (χ4n) is 11.3. The van der Waals surface area contributed by atoms with Gasteiger partial charge in [-0.25, -0.2) is 0 Å². The van der Waals surface area contributed by atoms with Crippen molar-refractivity contribution in [2.75, 3.05) is 55.9 Å². The van der Waals surface area contributed by atoms with E-state index in [9.17, 15) is 48.6 Å². The third-order valence-electron chi connectivity index (χ3n) is 16.8. The Bertz CT molecular complexity index is 2450. The lowest BCUT2D eigenvalue weighted by molar-refractivity contribution is -0.157. The standard InChI is InChI=1S/C64H116N12O13/c1-25-27-28-40(13)52(77)51-56(81)68-43(26-2)58(83)70(18)44(29-30-65)59(84)74(22)48(34-64(16,17)89)55(80)69-49(38(9)10)62(87)71(19)45(31-35(3)4)54(79)66-41(14)53(78)67-42(15)57(82)72(20)46(32-36(5)6)60(85)73(21)47(33-37(7)8)61(86)75(23)50(39(11)12)63(88)76(51)24/h25,27,35-52,77,89H,26,28-34,65H2,1-24H3,(H,66,79)(H,67,78)(H,68,81)(H,69,80)/b27-25+/t40-,41-,42+,43+,44+,45-,46-,47+,48+,49-,50+,51?,52-/m1/s1. The van der Waals surface area contributed by atoms with E-state index in [2.05, 4.69) is 21.3 Å². The first-order chi connectivity index (χ1) is 41.0. The van der Waals surface area contributed by atoms with Crippen molar-refractivity contribution in [2.24, 2.45) is 41.2 Å². The average molecular weight is 1260 g/mol. The van der Waals surface area contributed by atoms with Crippen molar-refractivity contribution >= 4 is 65.0 Å². The largest absolute Gasteiger partial charge is 0.390 e. The molecule has 0 bridgehead atoms. The molecule has 8 N–H and O–H groups in total. The fourth-order valence-corrected chi connectivity index (χ4v) is 11.3. The van der Waals surface area contributed by atoms with Gasteiger partial charge < -0.3 is 71.5 Å². The van der Waals surface area contributed by atoms with Crippen LogP contribution in [0.3, 0.4) is 0 Å². The molecule has 1 aliphatic rings. The maximum Gasteiger partial charge on any atom is 0.246 e. The van der Waals surface area contributed by atoms with Crippen LogP contribution in [0.15, 0.2) is 12.2 Å². The van der Waals surface area contributed by atoms with Crippen molar-refractivity contribution in [3.8, 4) is 0 Å². The van der Waals surface area contributed by atoms with Crippen LogP contribution < -0.4 is 27.0 Å². The SMILES string of the molecule is C/C=C/C[C@@H](C)[C@@H](O)C1C(=O)N[C@@H](CC)C(=O)N(C)[C@@H](CCN)C(=O)N(C)[C@@H](CC(C)(C)O)C(=O)N[C@H](C(C)C)C(=O)N(C)[C@H](CC(C)C)C(=O)N[C@H](C)C(=O)N[C@@H](C)C(=O)N(C)[C@H](CC(C)C)C(=O)N(C)[C@@H](CC(C)C)C(=O)N(C)[C@@H](C(C)C)C(=O)N1C. The molecule has 0 aromatic rings. The van der Waals surface area contributed by atoms with Crippen LogP contribution in [0.2, 0.25) is 0 Å². The summed E-state index contributed by atoms with van der Waals surface area (Å²) in [6.07, 6.45) is 2.14. The number of rotatable bonds is 17. The Morgan fingerprint density at radius 2 is 0.910 bits per heavy atom. The smallest absolute Gasteiger partial charge is 0.246 e. The first-order valence-electron chi connectivity index (χ1n) is 31.8. The van der Waals surface area contributed by atoms with Gasteiger partial charge in [0.2, 0.25) is 65.0 Å². The highest BCUT2D eigenvalue weighted by atomic mass is 16.3. The van der Waals surface area contributed by atoms with Gasteiger partial charge in [-0.05, 0) is 115 Å². The third kappa shape index (κ3) is 22.6. The Kier molecular flexibility index (Phi) is 32.7. The Hall–Kier alpha value is -6.21. The molecular formula is C64H116N12O13. The van der Waals surface area contributed by atoms with Gasteiger partial charge in [-0.3, -0.25) is 52.7 Å². The van der Waals surface area contributed by atoms with Crippen LogP contribution in [0, 0.1) is 35.5 Å². The number of hydrogen-bond donors (Lipinski definition) is 7. The van der Waals surface area contributed by atoms with Crippen molar-refractivity contribution < 1.29 is 63.0 Å². The maximum atomic E-state index is 15.2. The molecule has 89 heavy (non-hydrogen) atoms. The molecule has 510 valence electrons. The highest BCUT2D eigenvalue weighted by molar-refractivity contribution is 6.00. The second-order valence-corrected chi connectivity index (χ2v) is 27.3. The Balaban J connectivity index is 4.48. The molecule has 0 radical (unpaired) electrons. The zero-order chi connectivity index (χ0) is 69.2. The normalized spacial score (nSPS) is 27.2. The second kappa shape index (κ2) is 36.0. The van der Waals surface area contributed by atoms with Crippen LogP contribution in [0.5, 0.6) is 0 Å². The minimum absolute atomic E-state index is 0.0459. The van der Waals surface area contributed by atoms with Crippen LogP contribution in [-0.2, 0) is 52.7 Å². The number of nitrogens with one attached hydrogen (secondary N) is 4. The molecule has 1 saturated heterocycles. The molecule has 25 heteroatoms. The number of hydrogen-bond acceptors (Lipinski definition) is 14. The van der Waals surface area contributed by atoms with Crippen molar-refractivity contribution in [1.82, 2.24) is 55.6 Å². The lowest BCUT2D eigenvalue weighted by Gasteiger charge is -2.41. The average Bonchev–Trinajstić information content (AvgIpc) is 2.33. The summed E-state index contributed by atoms with van der Waals surface area (Å²) >= 11 is 0. The summed E-state index contributed by atoms with van der Waals surface area (Å²) in [7, 11) is 9.68. The number of aliphatic hydroxyl groups is 2. The van der Waals surface area contributed by atoms with E-state index in [0.29, 0.717) is 0 Å². The van der Waals surface area contributed by atoms with E-state index in [1.165, 1.54) is 96.6 Å². The molecule has 1 aliphatic heterocycles. The monoisotopic (exact) mass is 1260 g/mol. The third-order valence-corrected chi connectivity index (χ3v) is 16.8. The molecule has 0 aromatic heterocycles. The number of likely N-dealkylation sites (N-methyl/N-ethyl adjacent to an activating group) is 7. The molecule has 1 unspecified atom stereocenters. The van der Waals surface area contributed by atoms with Gasteiger partial charge in [0, 0.05) is 55.8 Å². The summed E-state index contributed by atoms with van der Waals surface area (Å²) in [4.78, 5) is 170. The summed E-state index contributed by atoms with van der Waals surface area (Å²) in [5.74, 6) is -10.5. The van der Waals surface area contributed by atoms with Crippen molar-refractivity contribution in [3.63, 3.8) is 0 Å². The number of aliphatic hydroxyl groups excluding tert-OH is 1. The van der Waals surface area contributed by atoms with Crippen LogP contribution >= 0.6 is 0 Å². The highest BCUT2D eigenvalue weighted by Gasteiger charge is 2.46. The molecule has 25 nitrogen and oxygen atoms in total. The predicted octanol–water partition coefficient (Wildman–Crippen LogP) is 2.10. The molecule has 0 spiro atoms. The Morgan fingerprint density at radius 3 is 1.36 bits per heavy atom. The summed E-state index contributed by atoms with van der Waals surface area (Å²) in [6.45, 7) is 28.6. The maximum absolute atomic E-state index is 15.2. The summed E-state index contributed by atoms with van der Waals surface area (Å²) < 4.78 is 0. The van der Waals surface area contributed by atoms with Gasteiger partial charge in [0.15, 0.2) is 0 Å². The number of carbonyl (C=O) groups excluding carboxylic acids is 11. The second-order valence-electron chi connectivity index (χ2n) is 27.3. The van der Waals surface area contributed by atoms with E-state index < -0.39 is 161 Å². The van der Waals surface area contributed by atoms with Gasteiger partial charge in [0.1, 0.15) is 66.5 Å². The van der Waals surface area contributed by atoms with E-state index in [4.69, 9.17) is 5.73 Å².